The van der Waals surface area contributed by atoms with Gasteiger partial charge in [-0.05, 0) is 117 Å². The molecule has 36 heavy (non-hydrogen) atoms. The molecule has 0 amide bonds. The molecule has 9 atom stereocenters. The summed E-state index contributed by atoms with van der Waals surface area (Å²) in [6, 6.07) is -0.154. The maximum atomic E-state index is 12.2. The molecule has 5 nitrogen and oxygen atoms in total. The second-order valence-corrected chi connectivity index (χ2v) is 13.2. The number of hydrogen-bond donors (Lipinski definition) is 0. The average molecular weight is 525 g/mol. The zero-order valence-corrected chi connectivity index (χ0v) is 23.8. The fourth-order valence-corrected chi connectivity index (χ4v) is 9.55. The Kier molecular flexibility index (Phi) is 9.21. The van der Waals surface area contributed by atoms with Crippen molar-refractivity contribution in [1.29, 1.82) is 0 Å². The fourth-order valence-electron chi connectivity index (χ4n) is 9.46. The molecular formula is C30H49ClO5. The lowest BCUT2D eigenvalue weighted by atomic mass is 9.44. The fraction of sp³-hybridized carbons (Fsp3) is 0.933. The molecule has 6 heteroatoms. The molecule has 4 aliphatic carbocycles. The Morgan fingerprint density at radius 3 is 2.47 bits per heavy atom. The van der Waals surface area contributed by atoms with Gasteiger partial charge in [0.05, 0.1) is 6.61 Å². The Bertz CT molecular complexity index is 772. The summed E-state index contributed by atoms with van der Waals surface area (Å²) in [5.41, 5.74) is 0.758. The molecule has 0 aromatic heterocycles. The van der Waals surface area contributed by atoms with Gasteiger partial charge in [0.2, 0.25) is 0 Å². The van der Waals surface area contributed by atoms with Crippen LogP contribution < -0.4 is 0 Å². The molecule has 0 saturated heterocycles. The highest BCUT2D eigenvalue weighted by Gasteiger charge is 2.60. The minimum atomic E-state index is -0.624. The van der Waals surface area contributed by atoms with E-state index in [1.165, 1.54) is 38.5 Å². The molecule has 0 N–H and O–H groups in total. The van der Waals surface area contributed by atoms with Crippen LogP contribution in [0.3, 0.4) is 0 Å². The first-order valence-corrected chi connectivity index (χ1v) is 15.3. The standard InChI is InChI=1S/C30H49ClO5/c1-5-6-17-34-27(32)12-7-20(2)24-10-11-25-23-9-8-21-18-22(36-28(33)35-19-31)13-15-29(21,3)26(23)14-16-30(24,25)4/h20-26H,5-19H2,1-4H3/t20-,21-,22-,23?,24?,25?,26?,29+,30-/m1/s1. The molecule has 0 heterocycles. The van der Waals surface area contributed by atoms with Crippen LogP contribution in [0.15, 0.2) is 0 Å². The van der Waals surface area contributed by atoms with Crippen LogP contribution in [0.2, 0.25) is 0 Å². The first kappa shape index (κ1) is 28.0. The molecule has 0 radical (unpaired) electrons. The maximum absolute atomic E-state index is 12.2. The van der Waals surface area contributed by atoms with Gasteiger partial charge in [0.15, 0.2) is 6.07 Å². The Morgan fingerprint density at radius 2 is 1.72 bits per heavy atom. The van der Waals surface area contributed by atoms with Gasteiger partial charge >= 0.3 is 12.1 Å². The number of rotatable bonds is 9. The van der Waals surface area contributed by atoms with E-state index in [0.717, 1.165) is 62.2 Å². The highest BCUT2D eigenvalue weighted by atomic mass is 35.5. The van der Waals surface area contributed by atoms with Gasteiger partial charge in [-0.1, -0.05) is 45.7 Å². The predicted octanol–water partition coefficient (Wildman–Crippen LogP) is 8.12. The van der Waals surface area contributed by atoms with Crippen LogP contribution >= 0.6 is 11.6 Å². The van der Waals surface area contributed by atoms with Gasteiger partial charge in [-0.15, -0.1) is 0 Å². The molecule has 4 aliphatic rings. The van der Waals surface area contributed by atoms with Crippen molar-refractivity contribution < 1.29 is 23.8 Å². The van der Waals surface area contributed by atoms with Crippen LogP contribution in [0, 0.1) is 46.3 Å². The monoisotopic (exact) mass is 524 g/mol. The largest absolute Gasteiger partial charge is 0.509 e. The van der Waals surface area contributed by atoms with Crippen molar-refractivity contribution in [2.75, 3.05) is 12.7 Å². The van der Waals surface area contributed by atoms with E-state index in [0.29, 0.717) is 35.7 Å². The van der Waals surface area contributed by atoms with Crippen LogP contribution in [0.5, 0.6) is 0 Å². The number of hydrogen-bond acceptors (Lipinski definition) is 5. The van der Waals surface area contributed by atoms with Crippen molar-refractivity contribution in [1.82, 2.24) is 0 Å². The third kappa shape index (κ3) is 5.57. The summed E-state index contributed by atoms with van der Waals surface area (Å²) < 4.78 is 15.8. The molecule has 0 bridgehead atoms. The van der Waals surface area contributed by atoms with Crippen LogP contribution in [-0.2, 0) is 19.0 Å². The van der Waals surface area contributed by atoms with Gasteiger partial charge in [0.1, 0.15) is 6.10 Å². The lowest BCUT2D eigenvalue weighted by molar-refractivity contribution is -0.144. The topological polar surface area (TPSA) is 61.8 Å². The summed E-state index contributed by atoms with van der Waals surface area (Å²) in [6.45, 7) is 10.2. The van der Waals surface area contributed by atoms with E-state index in [1.54, 1.807) is 0 Å². The molecule has 0 spiro atoms. The summed E-state index contributed by atoms with van der Waals surface area (Å²) in [5.74, 6) is 4.32. The normalized spacial score (nSPS) is 40.4. The third-order valence-electron chi connectivity index (χ3n) is 11.4. The van der Waals surface area contributed by atoms with Gasteiger partial charge in [0.25, 0.3) is 0 Å². The second-order valence-electron chi connectivity index (χ2n) is 13.0. The minimum absolute atomic E-state index is 0.0135. The number of esters is 1. The van der Waals surface area contributed by atoms with Crippen LogP contribution in [-0.4, -0.2) is 30.9 Å². The molecular weight excluding hydrogens is 476 g/mol. The summed E-state index contributed by atoms with van der Waals surface area (Å²) in [7, 11) is 0. The molecule has 4 fully saturated rings. The molecule has 0 aromatic rings. The van der Waals surface area contributed by atoms with Crippen molar-refractivity contribution in [3.63, 3.8) is 0 Å². The number of fused-ring (bicyclic) bond motifs is 5. The smallest absolute Gasteiger partial charge is 0.466 e. The van der Waals surface area contributed by atoms with E-state index in [-0.39, 0.29) is 18.1 Å². The molecule has 0 aromatic carbocycles. The Balaban J connectivity index is 1.35. The van der Waals surface area contributed by atoms with Gasteiger partial charge in [0, 0.05) is 6.42 Å². The average Bonchev–Trinajstić information content (AvgIpc) is 3.20. The van der Waals surface area contributed by atoms with Gasteiger partial charge < -0.3 is 14.2 Å². The molecule has 4 saturated carbocycles. The number of alkyl halides is 1. The summed E-state index contributed by atoms with van der Waals surface area (Å²) in [4.78, 5) is 24.0. The lowest BCUT2D eigenvalue weighted by Gasteiger charge is -2.61. The van der Waals surface area contributed by atoms with Crippen molar-refractivity contribution in [3.8, 4) is 0 Å². The van der Waals surface area contributed by atoms with E-state index >= 15 is 0 Å². The Morgan fingerprint density at radius 1 is 0.972 bits per heavy atom. The molecule has 0 aliphatic heterocycles. The van der Waals surface area contributed by atoms with Crippen LogP contribution in [0.1, 0.15) is 111 Å². The van der Waals surface area contributed by atoms with E-state index in [4.69, 9.17) is 25.8 Å². The summed E-state index contributed by atoms with van der Waals surface area (Å²) in [6.07, 6.45) is 13.8. The number of halogens is 1. The summed E-state index contributed by atoms with van der Waals surface area (Å²) in [5, 5.41) is 0. The van der Waals surface area contributed by atoms with Crippen LogP contribution in [0.4, 0.5) is 4.79 Å². The number of carbonyl (C=O) groups excluding carboxylic acids is 2. The highest BCUT2D eigenvalue weighted by Crippen LogP contribution is 2.68. The van der Waals surface area contributed by atoms with E-state index < -0.39 is 6.16 Å². The first-order chi connectivity index (χ1) is 17.2. The van der Waals surface area contributed by atoms with Crippen molar-refractivity contribution in [2.45, 2.75) is 117 Å². The quantitative estimate of drug-likeness (QED) is 0.173. The predicted molar refractivity (Wildman–Crippen MR) is 142 cm³/mol. The molecule has 4 rings (SSSR count). The maximum Gasteiger partial charge on any atom is 0.509 e. The van der Waals surface area contributed by atoms with E-state index in [2.05, 4.69) is 27.7 Å². The van der Waals surface area contributed by atoms with E-state index in [1.807, 2.05) is 0 Å². The van der Waals surface area contributed by atoms with Crippen molar-refractivity contribution >= 4 is 23.7 Å². The highest BCUT2D eigenvalue weighted by molar-refractivity contribution is 6.17. The zero-order valence-electron chi connectivity index (χ0n) is 23.1. The van der Waals surface area contributed by atoms with Gasteiger partial charge in [-0.3, -0.25) is 4.79 Å². The van der Waals surface area contributed by atoms with Crippen molar-refractivity contribution in [2.24, 2.45) is 46.3 Å². The Labute approximate surface area is 223 Å². The molecule has 4 unspecified atom stereocenters. The SMILES string of the molecule is CCCCOC(=O)CC[C@@H](C)C1CCC2C3CC[C@@H]4C[C@H](OC(=O)OCCl)CC[C@]4(C)C3CC[C@@]21C. The second kappa shape index (κ2) is 11.8. The van der Waals surface area contributed by atoms with Crippen molar-refractivity contribution in [3.05, 3.63) is 0 Å². The molecule has 206 valence electrons. The Hall–Kier alpha value is -0.970. The van der Waals surface area contributed by atoms with E-state index in [9.17, 15) is 9.59 Å². The van der Waals surface area contributed by atoms with Gasteiger partial charge in [-0.2, -0.15) is 0 Å². The zero-order chi connectivity index (χ0) is 25.9. The number of ether oxygens (including phenoxy) is 3. The third-order valence-corrected chi connectivity index (χ3v) is 11.5. The summed E-state index contributed by atoms with van der Waals surface area (Å²) >= 11 is 5.52. The van der Waals surface area contributed by atoms with Gasteiger partial charge in [-0.25, -0.2) is 4.79 Å². The van der Waals surface area contributed by atoms with Crippen LogP contribution in [0.25, 0.3) is 0 Å². The lowest BCUT2D eigenvalue weighted by Crippen LogP contribution is -2.54. The minimum Gasteiger partial charge on any atom is -0.466 e. The number of unbranched alkanes of at least 4 members (excludes halogenated alkanes) is 1. The number of carbonyl (C=O) groups is 2. The first-order valence-electron chi connectivity index (χ1n) is 14.8.